The van der Waals surface area contributed by atoms with E-state index in [1.807, 2.05) is 18.2 Å². The molecule has 0 spiro atoms. The van der Waals surface area contributed by atoms with Crippen LogP contribution in [0.4, 0.5) is 5.82 Å². The molecule has 0 aliphatic carbocycles. The molecule has 1 heterocycles. The van der Waals surface area contributed by atoms with Crippen molar-refractivity contribution in [3.05, 3.63) is 34.4 Å². The average molecular weight is 339 g/mol. The lowest BCUT2D eigenvalue weighted by Crippen LogP contribution is -2.10. The standard InChI is InChI=1S/C13H15BrN4O2/c1-19-7-9-6-12(18-15)17-13(16-9)8-3-4-11(20-2)10(14)5-8/h3-6H,7,15H2,1-2H3,(H,16,17,18). The molecule has 0 bridgehead atoms. The molecule has 1 aromatic carbocycles. The molecular formula is C13H15BrN4O2. The molecule has 0 saturated carbocycles. The number of benzene rings is 1. The Morgan fingerprint density at radius 3 is 2.65 bits per heavy atom. The fourth-order valence-corrected chi connectivity index (χ4v) is 2.27. The third-order valence-corrected chi connectivity index (χ3v) is 3.25. The van der Waals surface area contributed by atoms with Crippen molar-refractivity contribution >= 4 is 21.7 Å². The number of hydrogen-bond donors (Lipinski definition) is 2. The third-order valence-electron chi connectivity index (χ3n) is 2.63. The Bertz CT molecular complexity index is 607. The molecule has 20 heavy (non-hydrogen) atoms. The molecule has 3 N–H and O–H groups in total. The fourth-order valence-electron chi connectivity index (χ4n) is 1.73. The monoisotopic (exact) mass is 338 g/mol. The van der Waals surface area contributed by atoms with Gasteiger partial charge >= 0.3 is 0 Å². The van der Waals surface area contributed by atoms with Crippen LogP contribution in [0.2, 0.25) is 0 Å². The van der Waals surface area contributed by atoms with Crippen LogP contribution in [-0.4, -0.2) is 24.2 Å². The molecule has 106 valence electrons. The maximum absolute atomic E-state index is 5.43. The number of methoxy groups -OCH3 is 2. The molecule has 0 amide bonds. The molecule has 2 aromatic rings. The first-order valence-corrected chi connectivity index (χ1v) is 6.64. The number of nitrogens with zero attached hydrogens (tertiary/aromatic N) is 2. The molecule has 0 aliphatic rings. The summed E-state index contributed by atoms with van der Waals surface area (Å²) in [6.45, 7) is 0.390. The van der Waals surface area contributed by atoms with Crippen molar-refractivity contribution in [1.29, 1.82) is 0 Å². The Kier molecular flexibility index (Phi) is 4.89. The molecule has 0 atom stereocenters. The lowest BCUT2D eigenvalue weighted by atomic mass is 10.2. The molecule has 0 fully saturated rings. The van der Waals surface area contributed by atoms with Gasteiger partial charge in [-0.2, -0.15) is 0 Å². The maximum Gasteiger partial charge on any atom is 0.161 e. The number of anilines is 1. The van der Waals surface area contributed by atoms with E-state index in [-0.39, 0.29) is 0 Å². The molecule has 2 rings (SSSR count). The Labute approximate surface area is 125 Å². The predicted molar refractivity (Wildman–Crippen MR) is 80.2 cm³/mol. The van der Waals surface area contributed by atoms with Crippen molar-refractivity contribution in [2.24, 2.45) is 5.84 Å². The highest BCUT2D eigenvalue weighted by Crippen LogP contribution is 2.29. The molecule has 6 nitrogen and oxygen atoms in total. The predicted octanol–water partition coefficient (Wildman–Crippen LogP) is 2.35. The summed E-state index contributed by atoms with van der Waals surface area (Å²) >= 11 is 3.44. The Morgan fingerprint density at radius 1 is 1.25 bits per heavy atom. The van der Waals surface area contributed by atoms with Crippen LogP contribution >= 0.6 is 15.9 Å². The summed E-state index contributed by atoms with van der Waals surface area (Å²) in [5.74, 6) is 7.28. The zero-order chi connectivity index (χ0) is 14.5. The van der Waals surface area contributed by atoms with Crippen LogP contribution in [0.3, 0.4) is 0 Å². The van der Waals surface area contributed by atoms with Crippen LogP contribution in [-0.2, 0) is 11.3 Å². The van der Waals surface area contributed by atoms with Crippen LogP contribution in [0.5, 0.6) is 5.75 Å². The van der Waals surface area contributed by atoms with Crippen molar-refractivity contribution in [3.8, 4) is 17.1 Å². The minimum Gasteiger partial charge on any atom is -0.496 e. The zero-order valence-electron chi connectivity index (χ0n) is 11.2. The van der Waals surface area contributed by atoms with Crippen LogP contribution in [0.25, 0.3) is 11.4 Å². The first-order valence-electron chi connectivity index (χ1n) is 5.85. The van der Waals surface area contributed by atoms with E-state index < -0.39 is 0 Å². The van der Waals surface area contributed by atoms with Gasteiger partial charge in [-0.1, -0.05) is 0 Å². The highest BCUT2D eigenvalue weighted by Gasteiger charge is 2.09. The summed E-state index contributed by atoms with van der Waals surface area (Å²) < 4.78 is 11.1. The van der Waals surface area contributed by atoms with E-state index in [4.69, 9.17) is 15.3 Å². The zero-order valence-corrected chi connectivity index (χ0v) is 12.8. The van der Waals surface area contributed by atoms with Crippen molar-refractivity contribution < 1.29 is 9.47 Å². The van der Waals surface area contributed by atoms with Gasteiger partial charge in [0, 0.05) is 18.7 Å². The number of rotatable bonds is 5. The Morgan fingerprint density at radius 2 is 2.05 bits per heavy atom. The van der Waals surface area contributed by atoms with Gasteiger partial charge in [0.25, 0.3) is 0 Å². The summed E-state index contributed by atoms with van der Waals surface area (Å²) in [5.41, 5.74) is 4.13. The first kappa shape index (κ1) is 14.7. The topological polar surface area (TPSA) is 82.3 Å². The Balaban J connectivity index is 2.45. The van der Waals surface area contributed by atoms with Gasteiger partial charge in [0.05, 0.1) is 23.9 Å². The molecule has 7 heteroatoms. The SMILES string of the molecule is COCc1cc(NN)nc(-c2ccc(OC)c(Br)c2)n1. The second-order valence-electron chi connectivity index (χ2n) is 3.99. The number of halogens is 1. The summed E-state index contributed by atoms with van der Waals surface area (Å²) in [6.07, 6.45) is 0. The summed E-state index contributed by atoms with van der Waals surface area (Å²) in [5, 5.41) is 0. The molecule has 1 aromatic heterocycles. The van der Waals surface area contributed by atoms with E-state index in [2.05, 4.69) is 31.3 Å². The quantitative estimate of drug-likeness (QED) is 0.643. The normalized spacial score (nSPS) is 10.4. The number of aromatic nitrogens is 2. The number of ether oxygens (including phenoxy) is 2. The molecule has 0 radical (unpaired) electrons. The molecule has 0 aliphatic heterocycles. The van der Waals surface area contributed by atoms with Gasteiger partial charge in [0.15, 0.2) is 5.82 Å². The molecule has 0 unspecified atom stereocenters. The van der Waals surface area contributed by atoms with Gasteiger partial charge in [-0.05, 0) is 34.1 Å². The second kappa shape index (κ2) is 6.65. The van der Waals surface area contributed by atoms with Crippen LogP contribution in [0, 0.1) is 0 Å². The lowest BCUT2D eigenvalue weighted by molar-refractivity contribution is 0.181. The number of nitrogens with two attached hydrogens (primary N) is 1. The highest BCUT2D eigenvalue weighted by molar-refractivity contribution is 9.10. The van der Waals surface area contributed by atoms with Crippen molar-refractivity contribution in [3.63, 3.8) is 0 Å². The van der Waals surface area contributed by atoms with E-state index in [1.54, 1.807) is 20.3 Å². The van der Waals surface area contributed by atoms with Gasteiger partial charge in [-0.3, -0.25) is 0 Å². The average Bonchev–Trinajstić information content (AvgIpc) is 2.47. The second-order valence-corrected chi connectivity index (χ2v) is 4.85. The summed E-state index contributed by atoms with van der Waals surface area (Å²) in [4.78, 5) is 8.78. The minimum atomic E-state index is 0.390. The van der Waals surface area contributed by atoms with E-state index in [1.165, 1.54) is 0 Å². The van der Waals surface area contributed by atoms with Gasteiger partial charge < -0.3 is 14.9 Å². The molecular weight excluding hydrogens is 324 g/mol. The molecule has 0 saturated heterocycles. The number of hydrazine groups is 1. The first-order chi connectivity index (χ1) is 9.67. The van der Waals surface area contributed by atoms with Crippen molar-refractivity contribution in [2.45, 2.75) is 6.61 Å². The largest absolute Gasteiger partial charge is 0.496 e. The number of nitrogen functional groups attached to an aromatic ring is 1. The lowest BCUT2D eigenvalue weighted by Gasteiger charge is -2.09. The van der Waals surface area contributed by atoms with E-state index >= 15 is 0 Å². The van der Waals surface area contributed by atoms with Crippen LogP contribution in [0.1, 0.15) is 5.69 Å². The summed E-state index contributed by atoms with van der Waals surface area (Å²) in [6, 6.07) is 7.37. The van der Waals surface area contributed by atoms with Crippen LogP contribution < -0.4 is 16.0 Å². The third kappa shape index (κ3) is 3.24. The maximum atomic E-state index is 5.43. The Hall–Kier alpha value is -1.70. The van der Waals surface area contributed by atoms with E-state index in [9.17, 15) is 0 Å². The van der Waals surface area contributed by atoms with E-state index in [0.29, 0.717) is 18.2 Å². The van der Waals surface area contributed by atoms with Gasteiger partial charge in [0.2, 0.25) is 0 Å². The smallest absolute Gasteiger partial charge is 0.161 e. The van der Waals surface area contributed by atoms with Gasteiger partial charge in [-0.15, -0.1) is 0 Å². The van der Waals surface area contributed by atoms with Crippen LogP contribution in [0.15, 0.2) is 28.7 Å². The number of nitrogens with one attached hydrogen (secondary N) is 1. The number of hydrogen-bond acceptors (Lipinski definition) is 6. The highest BCUT2D eigenvalue weighted by atomic mass is 79.9. The van der Waals surface area contributed by atoms with Crippen molar-refractivity contribution in [1.82, 2.24) is 9.97 Å². The summed E-state index contributed by atoms with van der Waals surface area (Å²) in [7, 11) is 3.23. The van der Waals surface area contributed by atoms with Gasteiger partial charge in [0.1, 0.15) is 11.6 Å². The van der Waals surface area contributed by atoms with Gasteiger partial charge in [-0.25, -0.2) is 15.8 Å². The minimum absolute atomic E-state index is 0.390. The fraction of sp³-hybridized carbons (Fsp3) is 0.231. The van der Waals surface area contributed by atoms with E-state index in [0.717, 1.165) is 21.5 Å². The van der Waals surface area contributed by atoms with Crippen molar-refractivity contribution in [2.75, 3.05) is 19.6 Å².